The molecule has 2 heteroatoms. The molecule has 1 aliphatic carbocycles. The van der Waals surface area contributed by atoms with Crippen molar-refractivity contribution in [2.75, 3.05) is 13.2 Å². The molecule has 2 N–H and O–H groups in total. The normalized spacial score (nSPS) is 19.8. The van der Waals surface area contributed by atoms with Gasteiger partial charge in [-0.2, -0.15) is 0 Å². The van der Waals surface area contributed by atoms with E-state index in [1.54, 1.807) is 0 Å². The molecule has 0 spiro atoms. The second kappa shape index (κ2) is 6.39. The molecule has 0 bridgehead atoms. The van der Waals surface area contributed by atoms with Gasteiger partial charge in [-0.15, -0.1) is 0 Å². The van der Waals surface area contributed by atoms with E-state index in [-0.39, 0.29) is 0 Å². The summed E-state index contributed by atoms with van der Waals surface area (Å²) in [6, 6.07) is 0.711. The standard InChI is InChI=1S/C11H23NO/c1-10(11-6-5-7-11)12-8-3-2-4-9-13/h10-13H,2-9H2,1H3. The topological polar surface area (TPSA) is 32.3 Å². The molecule has 1 atom stereocenters. The maximum Gasteiger partial charge on any atom is 0.0431 e. The van der Waals surface area contributed by atoms with Crippen molar-refractivity contribution in [3.05, 3.63) is 0 Å². The highest BCUT2D eigenvalue weighted by Gasteiger charge is 2.22. The Balaban J connectivity index is 1.86. The molecule has 1 rings (SSSR count). The fourth-order valence-electron chi connectivity index (χ4n) is 1.85. The first-order valence-electron chi connectivity index (χ1n) is 5.69. The Morgan fingerprint density at radius 1 is 1.31 bits per heavy atom. The average Bonchev–Trinajstić information content (AvgIpc) is 2.01. The lowest BCUT2D eigenvalue weighted by Crippen LogP contribution is -2.37. The highest BCUT2D eigenvalue weighted by Crippen LogP contribution is 2.29. The summed E-state index contributed by atoms with van der Waals surface area (Å²) >= 11 is 0. The van der Waals surface area contributed by atoms with E-state index in [2.05, 4.69) is 12.2 Å². The van der Waals surface area contributed by atoms with E-state index >= 15 is 0 Å². The van der Waals surface area contributed by atoms with Gasteiger partial charge >= 0.3 is 0 Å². The van der Waals surface area contributed by atoms with Gasteiger partial charge in [-0.3, -0.25) is 0 Å². The number of hydrogen-bond donors (Lipinski definition) is 2. The van der Waals surface area contributed by atoms with E-state index in [1.807, 2.05) is 0 Å². The molecule has 0 heterocycles. The van der Waals surface area contributed by atoms with Crippen LogP contribution in [0.1, 0.15) is 45.4 Å². The number of rotatable bonds is 7. The van der Waals surface area contributed by atoms with Gasteiger partial charge in [0.25, 0.3) is 0 Å². The summed E-state index contributed by atoms with van der Waals surface area (Å²) < 4.78 is 0. The highest BCUT2D eigenvalue weighted by molar-refractivity contribution is 4.79. The zero-order valence-electron chi connectivity index (χ0n) is 8.76. The highest BCUT2D eigenvalue weighted by atomic mass is 16.2. The van der Waals surface area contributed by atoms with Gasteiger partial charge in [-0.05, 0) is 51.5 Å². The Bertz CT molecular complexity index is 123. The molecule has 0 saturated heterocycles. The number of aliphatic hydroxyl groups excluding tert-OH is 1. The second-order valence-corrected chi connectivity index (χ2v) is 4.22. The summed E-state index contributed by atoms with van der Waals surface area (Å²) in [6.45, 7) is 3.77. The minimum absolute atomic E-state index is 0.345. The molecule has 0 radical (unpaired) electrons. The first-order chi connectivity index (χ1) is 6.34. The van der Waals surface area contributed by atoms with Crippen LogP contribution >= 0.6 is 0 Å². The largest absolute Gasteiger partial charge is 0.396 e. The van der Waals surface area contributed by atoms with Crippen LogP contribution in [0.2, 0.25) is 0 Å². The summed E-state index contributed by atoms with van der Waals surface area (Å²) in [7, 11) is 0. The third-order valence-corrected chi connectivity index (χ3v) is 3.16. The van der Waals surface area contributed by atoms with Crippen molar-refractivity contribution >= 4 is 0 Å². The molecule has 78 valence electrons. The van der Waals surface area contributed by atoms with Crippen molar-refractivity contribution in [2.45, 2.75) is 51.5 Å². The van der Waals surface area contributed by atoms with Crippen LogP contribution in [0.25, 0.3) is 0 Å². The predicted octanol–water partition coefficient (Wildman–Crippen LogP) is 1.93. The van der Waals surface area contributed by atoms with Gasteiger partial charge in [0.2, 0.25) is 0 Å². The number of aliphatic hydroxyl groups is 1. The Labute approximate surface area is 81.7 Å². The Kier molecular flexibility index (Phi) is 5.40. The first kappa shape index (κ1) is 11.0. The van der Waals surface area contributed by atoms with Crippen LogP contribution in [0.15, 0.2) is 0 Å². The summed E-state index contributed by atoms with van der Waals surface area (Å²) in [5, 5.41) is 12.2. The van der Waals surface area contributed by atoms with E-state index in [1.165, 1.54) is 25.7 Å². The Morgan fingerprint density at radius 3 is 2.62 bits per heavy atom. The molecule has 0 aromatic heterocycles. The molecule has 1 fully saturated rings. The summed E-state index contributed by atoms with van der Waals surface area (Å²) in [5.74, 6) is 0.942. The predicted molar refractivity (Wildman–Crippen MR) is 55.7 cm³/mol. The van der Waals surface area contributed by atoms with Gasteiger partial charge in [0.15, 0.2) is 0 Å². The van der Waals surface area contributed by atoms with Crippen molar-refractivity contribution in [1.29, 1.82) is 0 Å². The molecule has 1 aliphatic rings. The summed E-state index contributed by atoms with van der Waals surface area (Å²) in [4.78, 5) is 0. The SMILES string of the molecule is CC(NCCCCCO)C1CCC1. The third-order valence-electron chi connectivity index (χ3n) is 3.16. The van der Waals surface area contributed by atoms with E-state index in [0.717, 1.165) is 25.3 Å². The molecule has 0 aliphatic heterocycles. The van der Waals surface area contributed by atoms with E-state index in [9.17, 15) is 0 Å². The van der Waals surface area contributed by atoms with Crippen molar-refractivity contribution in [3.8, 4) is 0 Å². The van der Waals surface area contributed by atoms with Crippen molar-refractivity contribution in [1.82, 2.24) is 5.32 Å². The Morgan fingerprint density at radius 2 is 2.08 bits per heavy atom. The zero-order chi connectivity index (χ0) is 9.52. The molecule has 0 aromatic carbocycles. The van der Waals surface area contributed by atoms with Crippen LogP contribution in [-0.4, -0.2) is 24.3 Å². The van der Waals surface area contributed by atoms with E-state index < -0.39 is 0 Å². The summed E-state index contributed by atoms with van der Waals surface area (Å²) in [6.07, 6.45) is 7.59. The third kappa shape index (κ3) is 4.10. The molecule has 1 unspecified atom stereocenters. The van der Waals surface area contributed by atoms with Gasteiger partial charge < -0.3 is 10.4 Å². The van der Waals surface area contributed by atoms with E-state index in [4.69, 9.17) is 5.11 Å². The van der Waals surface area contributed by atoms with Crippen molar-refractivity contribution < 1.29 is 5.11 Å². The monoisotopic (exact) mass is 185 g/mol. The van der Waals surface area contributed by atoms with Crippen LogP contribution in [0.4, 0.5) is 0 Å². The van der Waals surface area contributed by atoms with Crippen LogP contribution in [0.5, 0.6) is 0 Å². The zero-order valence-corrected chi connectivity index (χ0v) is 8.76. The van der Waals surface area contributed by atoms with Crippen LogP contribution in [0.3, 0.4) is 0 Å². The van der Waals surface area contributed by atoms with Crippen molar-refractivity contribution in [3.63, 3.8) is 0 Å². The lowest BCUT2D eigenvalue weighted by atomic mass is 9.80. The van der Waals surface area contributed by atoms with Crippen molar-refractivity contribution in [2.24, 2.45) is 5.92 Å². The van der Waals surface area contributed by atoms with Crippen LogP contribution < -0.4 is 5.32 Å². The van der Waals surface area contributed by atoms with Crippen LogP contribution in [0, 0.1) is 5.92 Å². The van der Waals surface area contributed by atoms with Gasteiger partial charge in [-0.25, -0.2) is 0 Å². The number of hydrogen-bond acceptors (Lipinski definition) is 2. The number of nitrogens with one attached hydrogen (secondary N) is 1. The number of unbranched alkanes of at least 4 members (excludes halogenated alkanes) is 2. The average molecular weight is 185 g/mol. The van der Waals surface area contributed by atoms with Gasteiger partial charge in [0, 0.05) is 12.6 Å². The van der Waals surface area contributed by atoms with Gasteiger partial charge in [0.05, 0.1) is 0 Å². The fraction of sp³-hybridized carbons (Fsp3) is 1.00. The lowest BCUT2D eigenvalue weighted by molar-refractivity contribution is 0.239. The minimum Gasteiger partial charge on any atom is -0.396 e. The van der Waals surface area contributed by atoms with Gasteiger partial charge in [-0.1, -0.05) is 6.42 Å². The lowest BCUT2D eigenvalue weighted by Gasteiger charge is -2.32. The smallest absolute Gasteiger partial charge is 0.0431 e. The quantitative estimate of drug-likeness (QED) is 0.594. The molecule has 1 saturated carbocycles. The fourth-order valence-corrected chi connectivity index (χ4v) is 1.85. The minimum atomic E-state index is 0.345. The molecular formula is C11H23NO. The summed E-state index contributed by atoms with van der Waals surface area (Å²) in [5.41, 5.74) is 0. The molecular weight excluding hydrogens is 162 g/mol. The Hall–Kier alpha value is -0.0800. The van der Waals surface area contributed by atoms with Crippen LogP contribution in [-0.2, 0) is 0 Å². The van der Waals surface area contributed by atoms with E-state index in [0.29, 0.717) is 12.6 Å². The molecule has 2 nitrogen and oxygen atoms in total. The van der Waals surface area contributed by atoms with Gasteiger partial charge in [0.1, 0.15) is 0 Å². The molecule has 13 heavy (non-hydrogen) atoms. The second-order valence-electron chi connectivity index (χ2n) is 4.22. The maximum atomic E-state index is 8.59. The molecule has 0 aromatic rings. The molecule has 0 amide bonds. The maximum absolute atomic E-state index is 8.59. The first-order valence-corrected chi connectivity index (χ1v) is 5.69.